The van der Waals surface area contributed by atoms with Crippen molar-refractivity contribution in [3.8, 4) is 11.1 Å². The Morgan fingerprint density at radius 3 is 2.24 bits per heavy atom. The Balaban J connectivity index is 1.09. The number of amidine groups is 1. The van der Waals surface area contributed by atoms with E-state index in [4.69, 9.17) is 19.6 Å². The minimum atomic E-state index is -0.363. The molecule has 0 spiro atoms. The van der Waals surface area contributed by atoms with Crippen LogP contribution in [0.15, 0.2) is 165 Å². The SMILES string of the molecule is NC(=NC(NCc1ccccc1)c1ccc2c(c1)sc1ccccc12)c1ccc2oc3cccc(-c4cccc5c4oc4ccccc45)c3c2c1. The third-order valence-electron chi connectivity index (χ3n) is 9.81. The first-order valence-electron chi connectivity index (χ1n) is 17.1. The Bertz CT molecular complexity index is 2950. The lowest BCUT2D eigenvalue weighted by Gasteiger charge is -2.17. The van der Waals surface area contributed by atoms with E-state index in [0.29, 0.717) is 12.4 Å². The van der Waals surface area contributed by atoms with Crippen LogP contribution in [-0.2, 0) is 6.54 Å². The molecule has 0 aliphatic rings. The molecule has 244 valence electrons. The van der Waals surface area contributed by atoms with Gasteiger partial charge in [0.1, 0.15) is 34.3 Å². The highest BCUT2D eigenvalue weighted by atomic mass is 32.1. The number of benzene rings is 7. The number of fused-ring (bicyclic) bond motifs is 9. The van der Waals surface area contributed by atoms with Crippen molar-refractivity contribution in [3.05, 3.63) is 168 Å². The average molecular weight is 678 g/mol. The zero-order valence-electron chi connectivity index (χ0n) is 27.5. The highest BCUT2D eigenvalue weighted by molar-refractivity contribution is 7.25. The smallest absolute Gasteiger partial charge is 0.143 e. The standard InChI is InChI=1S/C45H31N3O2S/c46-44(48-45(47-26-27-10-2-1-3-11-27)29-20-22-32-31-13-5-7-19-40(31)51-41(32)25-29)28-21-23-38-36(24-28)42-33(14-9-18-39(42)49-38)35-16-8-15-34-30-12-4-6-17-37(30)50-43(34)35/h1-25,45,47H,26H2,(H2,46,48). The molecule has 10 aromatic rings. The van der Waals surface area contributed by atoms with Crippen molar-refractivity contribution in [2.75, 3.05) is 0 Å². The molecule has 3 N–H and O–H groups in total. The van der Waals surface area contributed by atoms with Crippen LogP contribution in [0, 0.1) is 0 Å². The molecule has 10 rings (SSSR count). The molecule has 0 amide bonds. The summed E-state index contributed by atoms with van der Waals surface area (Å²) in [4.78, 5) is 5.15. The van der Waals surface area contributed by atoms with Gasteiger partial charge in [-0.1, -0.05) is 109 Å². The molecule has 0 saturated heterocycles. The summed E-state index contributed by atoms with van der Waals surface area (Å²) in [6.45, 7) is 0.648. The Labute approximate surface area is 297 Å². The lowest BCUT2D eigenvalue weighted by atomic mass is 9.97. The van der Waals surface area contributed by atoms with Gasteiger partial charge in [0, 0.05) is 59.4 Å². The van der Waals surface area contributed by atoms with Crippen LogP contribution in [-0.4, -0.2) is 5.84 Å². The van der Waals surface area contributed by atoms with Gasteiger partial charge in [0.2, 0.25) is 0 Å². The summed E-state index contributed by atoms with van der Waals surface area (Å²) in [6.07, 6.45) is -0.363. The summed E-state index contributed by atoms with van der Waals surface area (Å²) in [5.74, 6) is 0.449. The van der Waals surface area contributed by atoms with Gasteiger partial charge in [0.15, 0.2) is 0 Å². The monoisotopic (exact) mass is 677 g/mol. The first-order valence-corrected chi connectivity index (χ1v) is 17.9. The number of nitrogens with zero attached hydrogens (tertiary/aromatic N) is 1. The number of nitrogens with two attached hydrogens (primary N) is 1. The molecular weight excluding hydrogens is 647 g/mol. The maximum atomic E-state index is 6.91. The quantitative estimate of drug-likeness (QED) is 0.130. The van der Waals surface area contributed by atoms with Crippen LogP contribution in [0.3, 0.4) is 0 Å². The number of thiophene rings is 1. The van der Waals surface area contributed by atoms with Crippen LogP contribution < -0.4 is 11.1 Å². The van der Waals surface area contributed by atoms with E-state index >= 15 is 0 Å². The molecular formula is C45H31N3O2S. The summed E-state index contributed by atoms with van der Waals surface area (Å²) < 4.78 is 15.4. The van der Waals surface area contributed by atoms with Gasteiger partial charge in [-0.05, 0) is 59.2 Å². The lowest BCUT2D eigenvalue weighted by Crippen LogP contribution is -2.23. The van der Waals surface area contributed by atoms with E-state index in [1.807, 2.05) is 48.5 Å². The zero-order valence-corrected chi connectivity index (χ0v) is 28.3. The molecule has 5 nitrogen and oxygen atoms in total. The van der Waals surface area contributed by atoms with Gasteiger partial charge in [0.05, 0.1) is 0 Å². The van der Waals surface area contributed by atoms with Crippen molar-refractivity contribution in [2.45, 2.75) is 12.7 Å². The van der Waals surface area contributed by atoms with E-state index in [-0.39, 0.29) is 6.17 Å². The highest BCUT2D eigenvalue weighted by Crippen LogP contribution is 2.42. The number of para-hydroxylation sites is 2. The third kappa shape index (κ3) is 5.07. The van der Waals surface area contributed by atoms with Crippen molar-refractivity contribution < 1.29 is 8.83 Å². The average Bonchev–Trinajstić information content (AvgIpc) is 3.87. The minimum absolute atomic E-state index is 0.363. The molecule has 3 aromatic heterocycles. The number of hydrogen-bond donors (Lipinski definition) is 2. The number of nitrogens with one attached hydrogen (secondary N) is 1. The normalized spacial score (nSPS) is 13.0. The number of aliphatic imine (C=N–C) groups is 1. The molecule has 0 saturated carbocycles. The maximum Gasteiger partial charge on any atom is 0.143 e. The van der Waals surface area contributed by atoms with Gasteiger partial charge in [-0.15, -0.1) is 11.3 Å². The van der Waals surface area contributed by atoms with Crippen LogP contribution >= 0.6 is 11.3 Å². The summed E-state index contributed by atoms with van der Waals surface area (Å²) >= 11 is 1.80. The van der Waals surface area contributed by atoms with Crippen LogP contribution in [0.25, 0.3) is 75.2 Å². The van der Waals surface area contributed by atoms with E-state index in [1.165, 1.54) is 25.7 Å². The third-order valence-corrected chi connectivity index (χ3v) is 10.9. The summed E-state index contributed by atoms with van der Waals surface area (Å²) in [7, 11) is 0. The molecule has 0 aliphatic carbocycles. The molecule has 0 radical (unpaired) electrons. The second kappa shape index (κ2) is 12.0. The van der Waals surface area contributed by atoms with Crippen LogP contribution in [0.1, 0.15) is 22.9 Å². The van der Waals surface area contributed by atoms with Crippen LogP contribution in [0.4, 0.5) is 0 Å². The molecule has 3 heterocycles. The highest BCUT2D eigenvalue weighted by Gasteiger charge is 2.19. The number of rotatable bonds is 7. The van der Waals surface area contributed by atoms with Gasteiger partial charge in [-0.3, -0.25) is 5.32 Å². The second-order valence-electron chi connectivity index (χ2n) is 12.9. The van der Waals surface area contributed by atoms with Gasteiger partial charge < -0.3 is 14.6 Å². The van der Waals surface area contributed by atoms with E-state index in [1.54, 1.807) is 11.3 Å². The second-order valence-corrected chi connectivity index (χ2v) is 14.0. The summed E-state index contributed by atoms with van der Waals surface area (Å²) in [5, 5.41) is 10.4. The fraction of sp³-hybridized carbons (Fsp3) is 0.0444. The van der Waals surface area contributed by atoms with Crippen LogP contribution in [0.2, 0.25) is 0 Å². The number of hydrogen-bond acceptors (Lipinski definition) is 5. The van der Waals surface area contributed by atoms with E-state index in [9.17, 15) is 0 Å². The molecule has 51 heavy (non-hydrogen) atoms. The van der Waals surface area contributed by atoms with Crippen molar-refractivity contribution in [1.82, 2.24) is 5.32 Å². The molecule has 6 heteroatoms. The predicted molar refractivity (Wildman–Crippen MR) is 213 cm³/mol. The fourth-order valence-corrected chi connectivity index (χ4v) is 8.50. The first-order chi connectivity index (χ1) is 25.2. The molecule has 1 unspecified atom stereocenters. The Hall–Kier alpha value is -6.21. The van der Waals surface area contributed by atoms with Gasteiger partial charge in [0.25, 0.3) is 0 Å². The zero-order chi connectivity index (χ0) is 33.9. The van der Waals surface area contributed by atoms with Gasteiger partial charge in [-0.2, -0.15) is 0 Å². The lowest BCUT2D eigenvalue weighted by molar-refractivity contribution is 0.555. The Kier molecular flexibility index (Phi) is 6.98. The van der Waals surface area contributed by atoms with Crippen molar-refractivity contribution in [1.29, 1.82) is 0 Å². The van der Waals surface area contributed by atoms with E-state index < -0.39 is 0 Å². The first kappa shape index (κ1) is 29.7. The van der Waals surface area contributed by atoms with Crippen molar-refractivity contribution >= 4 is 81.2 Å². The van der Waals surface area contributed by atoms with Gasteiger partial charge in [-0.25, -0.2) is 4.99 Å². The van der Waals surface area contributed by atoms with Gasteiger partial charge >= 0.3 is 0 Å². The summed E-state index contributed by atoms with van der Waals surface area (Å²) in [5.41, 5.74) is 15.4. The van der Waals surface area contributed by atoms with E-state index in [2.05, 4.69) is 108 Å². The maximum absolute atomic E-state index is 6.91. The topological polar surface area (TPSA) is 76.7 Å². The Morgan fingerprint density at radius 2 is 1.31 bits per heavy atom. The van der Waals surface area contributed by atoms with Crippen LogP contribution in [0.5, 0.6) is 0 Å². The Morgan fingerprint density at radius 1 is 0.588 bits per heavy atom. The summed E-state index contributed by atoms with van der Waals surface area (Å²) in [6, 6.07) is 52.3. The molecule has 0 fully saturated rings. The number of furan rings is 2. The molecule has 1 atom stereocenters. The molecule has 7 aromatic carbocycles. The molecule has 0 bridgehead atoms. The fourth-order valence-electron chi connectivity index (χ4n) is 7.34. The van der Waals surface area contributed by atoms with E-state index in [0.717, 1.165) is 66.1 Å². The minimum Gasteiger partial charge on any atom is -0.456 e. The van der Waals surface area contributed by atoms with Crippen molar-refractivity contribution in [3.63, 3.8) is 0 Å². The predicted octanol–water partition coefficient (Wildman–Crippen LogP) is 11.7. The molecule has 0 aliphatic heterocycles. The van der Waals surface area contributed by atoms with Crippen molar-refractivity contribution in [2.24, 2.45) is 10.7 Å². The largest absolute Gasteiger partial charge is 0.456 e.